The topological polar surface area (TPSA) is 136 Å². The Bertz CT molecular complexity index is 954. The molecule has 1 heterocycles. The zero-order valence-electron chi connectivity index (χ0n) is 16.5. The maximum absolute atomic E-state index is 12.5. The van der Waals surface area contributed by atoms with E-state index in [1.807, 2.05) is 6.92 Å². The summed E-state index contributed by atoms with van der Waals surface area (Å²) >= 11 is 0. The van der Waals surface area contributed by atoms with Gasteiger partial charge in [0.1, 0.15) is 6.04 Å². The molecule has 1 fully saturated rings. The molecule has 1 amide bonds. The van der Waals surface area contributed by atoms with Gasteiger partial charge < -0.3 is 10.1 Å². The molecule has 1 aliphatic heterocycles. The number of ether oxygens (including phenoxy) is 1. The molecule has 0 radical (unpaired) electrons. The van der Waals surface area contributed by atoms with Crippen molar-refractivity contribution in [1.82, 2.24) is 10.0 Å². The molecule has 0 saturated carbocycles. The first kappa shape index (κ1) is 23.3. The first-order valence-corrected chi connectivity index (χ1v) is 12.5. The van der Waals surface area contributed by atoms with Gasteiger partial charge in [-0.2, -0.15) is 4.72 Å². The van der Waals surface area contributed by atoms with Crippen molar-refractivity contribution in [3.05, 3.63) is 29.8 Å². The number of carbonyl (C=O) groups is 2. The number of benzene rings is 1. The summed E-state index contributed by atoms with van der Waals surface area (Å²) in [6.07, 6.45) is 0.312. The molecular formula is C18H26N2O7S2. The number of carbonyl (C=O) groups excluding carboxylic acids is 2. The maximum Gasteiger partial charge on any atom is 0.324 e. The molecule has 11 heteroatoms. The minimum absolute atomic E-state index is 0.00788. The zero-order chi connectivity index (χ0) is 21.8. The maximum atomic E-state index is 12.5. The van der Waals surface area contributed by atoms with Gasteiger partial charge in [0, 0.05) is 6.04 Å². The van der Waals surface area contributed by atoms with Crippen LogP contribution in [0.2, 0.25) is 0 Å². The van der Waals surface area contributed by atoms with Crippen LogP contribution in [-0.4, -0.2) is 58.9 Å². The summed E-state index contributed by atoms with van der Waals surface area (Å²) in [6.45, 7) is 4.50. The van der Waals surface area contributed by atoms with Crippen molar-refractivity contribution < 1.29 is 31.2 Å². The van der Waals surface area contributed by atoms with E-state index in [0.29, 0.717) is 6.42 Å². The Kier molecular flexibility index (Phi) is 7.41. The highest BCUT2D eigenvalue weighted by Gasteiger charge is 2.31. The van der Waals surface area contributed by atoms with Gasteiger partial charge in [0.05, 0.1) is 16.4 Å². The summed E-state index contributed by atoms with van der Waals surface area (Å²) in [5, 5.41) is 2.50. The Morgan fingerprint density at radius 1 is 1.21 bits per heavy atom. The van der Waals surface area contributed by atoms with Gasteiger partial charge in [0.25, 0.3) is 5.91 Å². The lowest BCUT2D eigenvalue weighted by Gasteiger charge is -2.21. The van der Waals surface area contributed by atoms with Crippen LogP contribution in [0, 0.1) is 12.8 Å². The summed E-state index contributed by atoms with van der Waals surface area (Å²) in [4.78, 5) is 24.3. The van der Waals surface area contributed by atoms with Crippen LogP contribution in [0.5, 0.6) is 0 Å². The van der Waals surface area contributed by atoms with Gasteiger partial charge in [-0.1, -0.05) is 31.5 Å². The second-order valence-electron chi connectivity index (χ2n) is 7.43. The molecular weight excluding hydrogens is 420 g/mol. The fraction of sp³-hybridized carbons (Fsp3) is 0.556. The van der Waals surface area contributed by atoms with E-state index in [9.17, 15) is 26.4 Å². The van der Waals surface area contributed by atoms with Gasteiger partial charge in [0.2, 0.25) is 10.0 Å². The summed E-state index contributed by atoms with van der Waals surface area (Å²) in [7, 11) is -7.10. The fourth-order valence-electron chi connectivity index (χ4n) is 2.81. The predicted molar refractivity (Wildman–Crippen MR) is 106 cm³/mol. The number of amides is 1. The summed E-state index contributed by atoms with van der Waals surface area (Å²) < 4.78 is 55.2. The van der Waals surface area contributed by atoms with E-state index in [1.165, 1.54) is 12.1 Å². The number of hydrogen-bond donors (Lipinski definition) is 2. The van der Waals surface area contributed by atoms with E-state index in [-0.39, 0.29) is 16.4 Å². The standard InChI is InChI=1S/C18H26N2O7S2/c1-12(2)17(20-29(25,26)15-6-4-13(3)5-7-15)18(22)27-10-16(21)19-14-8-9-28(23,24)11-14/h4-7,12,14,17,20H,8-11H2,1-3H3,(H,19,21)/t14-,17-/m1/s1. The number of hydrogen-bond acceptors (Lipinski definition) is 7. The number of nitrogens with one attached hydrogen (secondary N) is 2. The normalized spacial score (nSPS) is 19.7. The lowest BCUT2D eigenvalue weighted by Crippen LogP contribution is -2.46. The van der Waals surface area contributed by atoms with Crippen molar-refractivity contribution in [2.24, 2.45) is 5.92 Å². The molecule has 0 aliphatic carbocycles. The second-order valence-corrected chi connectivity index (χ2v) is 11.4. The summed E-state index contributed by atoms with van der Waals surface area (Å²) in [5.74, 6) is -2.08. The van der Waals surface area contributed by atoms with Crippen LogP contribution >= 0.6 is 0 Å². The average Bonchev–Trinajstić information content (AvgIpc) is 2.96. The Balaban J connectivity index is 1.95. The zero-order valence-corrected chi connectivity index (χ0v) is 18.2. The monoisotopic (exact) mass is 446 g/mol. The lowest BCUT2D eigenvalue weighted by atomic mass is 10.1. The molecule has 2 rings (SSSR count). The Morgan fingerprint density at radius 2 is 1.83 bits per heavy atom. The number of sulfonamides is 1. The second kappa shape index (κ2) is 9.23. The van der Waals surface area contributed by atoms with Crippen LogP contribution in [0.25, 0.3) is 0 Å². The van der Waals surface area contributed by atoms with E-state index in [1.54, 1.807) is 26.0 Å². The van der Waals surface area contributed by atoms with Gasteiger partial charge in [0.15, 0.2) is 16.4 Å². The molecule has 9 nitrogen and oxygen atoms in total. The Morgan fingerprint density at radius 3 is 2.34 bits per heavy atom. The number of aryl methyl sites for hydroxylation is 1. The molecule has 0 spiro atoms. The van der Waals surface area contributed by atoms with Crippen molar-refractivity contribution in [3.63, 3.8) is 0 Å². The molecule has 2 N–H and O–H groups in total. The first-order chi connectivity index (χ1) is 13.4. The lowest BCUT2D eigenvalue weighted by molar-refractivity contribution is -0.151. The van der Waals surface area contributed by atoms with Gasteiger partial charge in [-0.15, -0.1) is 0 Å². The third-order valence-corrected chi connectivity index (χ3v) is 7.70. The van der Waals surface area contributed by atoms with Gasteiger partial charge >= 0.3 is 5.97 Å². The molecule has 0 unspecified atom stereocenters. The molecule has 29 heavy (non-hydrogen) atoms. The third kappa shape index (κ3) is 6.79. The van der Waals surface area contributed by atoms with Crippen LogP contribution in [0.3, 0.4) is 0 Å². The summed E-state index contributed by atoms with van der Waals surface area (Å²) in [5.41, 5.74) is 0.893. The number of rotatable bonds is 8. The van der Waals surface area contributed by atoms with Crippen LogP contribution < -0.4 is 10.0 Å². The van der Waals surface area contributed by atoms with E-state index < -0.39 is 56.3 Å². The molecule has 0 bridgehead atoms. The Labute approximate surface area is 171 Å². The predicted octanol–water partition coefficient (Wildman–Crippen LogP) is 0.144. The van der Waals surface area contributed by atoms with Gasteiger partial charge in [-0.25, -0.2) is 16.8 Å². The third-order valence-electron chi connectivity index (χ3n) is 4.48. The highest BCUT2D eigenvalue weighted by molar-refractivity contribution is 7.91. The van der Waals surface area contributed by atoms with Crippen molar-refractivity contribution in [3.8, 4) is 0 Å². The Hall–Kier alpha value is -1.98. The molecule has 1 aliphatic rings. The quantitative estimate of drug-likeness (QED) is 0.542. The van der Waals surface area contributed by atoms with Crippen LogP contribution in [0.4, 0.5) is 0 Å². The van der Waals surface area contributed by atoms with Crippen molar-refractivity contribution in [2.45, 2.75) is 44.2 Å². The van der Waals surface area contributed by atoms with Crippen molar-refractivity contribution in [2.75, 3.05) is 18.1 Å². The molecule has 0 aromatic heterocycles. The SMILES string of the molecule is Cc1ccc(S(=O)(=O)N[C@@H](C(=O)OCC(=O)N[C@@H]2CCS(=O)(=O)C2)C(C)C)cc1. The highest BCUT2D eigenvalue weighted by Crippen LogP contribution is 2.14. The fourth-order valence-corrected chi connectivity index (χ4v) is 5.82. The summed E-state index contributed by atoms with van der Waals surface area (Å²) in [6, 6.07) is 4.47. The highest BCUT2D eigenvalue weighted by atomic mass is 32.2. The van der Waals surface area contributed by atoms with E-state index >= 15 is 0 Å². The van der Waals surface area contributed by atoms with E-state index in [0.717, 1.165) is 5.56 Å². The molecule has 2 atom stereocenters. The molecule has 1 aromatic carbocycles. The minimum atomic E-state index is -3.95. The molecule has 1 saturated heterocycles. The van der Waals surface area contributed by atoms with Crippen molar-refractivity contribution >= 4 is 31.7 Å². The smallest absolute Gasteiger partial charge is 0.324 e. The number of esters is 1. The van der Waals surface area contributed by atoms with Crippen LogP contribution in [0.1, 0.15) is 25.8 Å². The van der Waals surface area contributed by atoms with Gasteiger partial charge in [-0.05, 0) is 31.4 Å². The minimum Gasteiger partial charge on any atom is -0.454 e. The van der Waals surface area contributed by atoms with Crippen LogP contribution in [-0.2, 0) is 34.2 Å². The van der Waals surface area contributed by atoms with Crippen LogP contribution in [0.15, 0.2) is 29.2 Å². The van der Waals surface area contributed by atoms with Gasteiger partial charge in [-0.3, -0.25) is 9.59 Å². The molecule has 162 valence electrons. The number of sulfone groups is 1. The first-order valence-electron chi connectivity index (χ1n) is 9.15. The molecule has 1 aromatic rings. The van der Waals surface area contributed by atoms with E-state index in [4.69, 9.17) is 4.74 Å². The van der Waals surface area contributed by atoms with Crippen molar-refractivity contribution in [1.29, 1.82) is 0 Å². The average molecular weight is 447 g/mol. The van der Waals surface area contributed by atoms with E-state index in [2.05, 4.69) is 10.0 Å². The largest absolute Gasteiger partial charge is 0.454 e.